The fourth-order valence-corrected chi connectivity index (χ4v) is 2.09. The predicted molar refractivity (Wildman–Crippen MR) is 51.1 cm³/mol. The van der Waals surface area contributed by atoms with Crippen LogP contribution in [-0.2, 0) is 6.18 Å². The molecule has 1 aromatic heterocycles. The maximum atomic E-state index is 12.2. The number of rotatable bonds is 2. The van der Waals surface area contributed by atoms with Crippen LogP contribution in [0.25, 0.3) is 0 Å². The Morgan fingerprint density at radius 2 is 1.93 bits per heavy atom. The van der Waals surface area contributed by atoms with Gasteiger partial charge in [0.1, 0.15) is 0 Å². The fraction of sp³-hybridized carbons (Fsp3) is 0.556. The number of hydrogen-bond donors (Lipinski definition) is 1. The standard InChI is InChI=1S/C9H12F3NS/c1-5(2)8(13)7-3-6(4-14-7)9(10,11)12/h3-5,8H,13H2,1-2H3/t8-/m1/s1. The monoisotopic (exact) mass is 223 g/mol. The number of hydrogen-bond acceptors (Lipinski definition) is 2. The molecule has 2 N–H and O–H groups in total. The summed E-state index contributed by atoms with van der Waals surface area (Å²) in [4.78, 5) is 0.590. The minimum absolute atomic E-state index is 0.148. The molecule has 0 aliphatic carbocycles. The van der Waals surface area contributed by atoms with Crippen LogP contribution in [0.5, 0.6) is 0 Å². The van der Waals surface area contributed by atoms with Crippen LogP contribution in [0.3, 0.4) is 0 Å². The summed E-state index contributed by atoms with van der Waals surface area (Å²) in [6, 6.07) is 0.825. The highest BCUT2D eigenvalue weighted by Crippen LogP contribution is 2.35. The van der Waals surface area contributed by atoms with E-state index in [4.69, 9.17) is 5.73 Å². The van der Waals surface area contributed by atoms with Gasteiger partial charge in [-0.25, -0.2) is 0 Å². The predicted octanol–water partition coefficient (Wildman–Crippen LogP) is 3.42. The maximum Gasteiger partial charge on any atom is 0.417 e. The molecule has 0 aliphatic rings. The molecule has 80 valence electrons. The van der Waals surface area contributed by atoms with Crippen molar-refractivity contribution in [1.29, 1.82) is 0 Å². The Balaban J connectivity index is 2.89. The molecule has 5 heteroatoms. The maximum absolute atomic E-state index is 12.2. The van der Waals surface area contributed by atoms with Crippen molar-refractivity contribution in [2.75, 3.05) is 0 Å². The molecule has 1 rings (SSSR count). The lowest BCUT2D eigenvalue weighted by Gasteiger charge is -2.12. The Kier molecular flexibility index (Phi) is 3.21. The van der Waals surface area contributed by atoms with E-state index in [1.807, 2.05) is 13.8 Å². The summed E-state index contributed by atoms with van der Waals surface area (Å²) in [6.45, 7) is 3.77. The van der Waals surface area contributed by atoms with Crippen molar-refractivity contribution >= 4 is 11.3 Å². The number of halogens is 3. The van der Waals surface area contributed by atoms with Gasteiger partial charge in [0.25, 0.3) is 0 Å². The molecule has 0 bridgehead atoms. The molecular formula is C9H12F3NS. The van der Waals surface area contributed by atoms with Gasteiger partial charge in [-0.1, -0.05) is 13.8 Å². The smallest absolute Gasteiger partial charge is 0.323 e. The molecule has 1 heterocycles. The fourth-order valence-electron chi connectivity index (χ4n) is 1.00. The van der Waals surface area contributed by atoms with Crippen LogP contribution in [0.1, 0.15) is 30.3 Å². The molecule has 1 nitrogen and oxygen atoms in total. The zero-order valence-electron chi connectivity index (χ0n) is 7.93. The summed E-state index contributed by atoms with van der Waals surface area (Å²) in [7, 11) is 0. The molecule has 1 aromatic rings. The van der Waals surface area contributed by atoms with Gasteiger partial charge in [0, 0.05) is 16.3 Å². The topological polar surface area (TPSA) is 26.0 Å². The highest BCUT2D eigenvalue weighted by atomic mass is 32.1. The summed E-state index contributed by atoms with van der Waals surface area (Å²) < 4.78 is 36.7. The first-order valence-corrected chi connectivity index (χ1v) is 5.11. The molecule has 0 unspecified atom stereocenters. The number of thiophene rings is 1. The van der Waals surface area contributed by atoms with Gasteiger partial charge >= 0.3 is 6.18 Å². The third-order valence-corrected chi connectivity index (χ3v) is 3.03. The van der Waals surface area contributed by atoms with Gasteiger partial charge in [-0.2, -0.15) is 13.2 Å². The van der Waals surface area contributed by atoms with Gasteiger partial charge < -0.3 is 5.73 Å². The van der Waals surface area contributed by atoms with Crippen molar-refractivity contribution in [2.45, 2.75) is 26.1 Å². The average Bonchev–Trinajstić information content (AvgIpc) is 2.49. The normalized spacial score (nSPS) is 14.8. The minimum Gasteiger partial charge on any atom is -0.323 e. The molecule has 0 saturated heterocycles. The van der Waals surface area contributed by atoms with Crippen LogP contribution < -0.4 is 5.73 Å². The Bertz CT molecular complexity index is 303. The first-order chi connectivity index (χ1) is 6.32. The van der Waals surface area contributed by atoms with Crippen molar-refractivity contribution in [3.05, 3.63) is 21.9 Å². The van der Waals surface area contributed by atoms with Crippen molar-refractivity contribution in [2.24, 2.45) is 11.7 Å². The first-order valence-electron chi connectivity index (χ1n) is 4.23. The van der Waals surface area contributed by atoms with Gasteiger partial charge in [-0.15, -0.1) is 11.3 Å². The molecule has 0 aliphatic heterocycles. The van der Waals surface area contributed by atoms with E-state index in [9.17, 15) is 13.2 Å². The Labute approximate surface area is 84.7 Å². The van der Waals surface area contributed by atoms with E-state index in [0.29, 0.717) is 4.88 Å². The lowest BCUT2D eigenvalue weighted by atomic mass is 10.0. The summed E-state index contributed by atoms with van der Waals surface area (Å²) in [5.74, 6) is 0.148. The summed E-state index contributed by atoms with van der Waals surface area (Å²) in [5.41, 5.74) is 5.13. The van der Waals surface area contributed by atoms with Crippen LogP contribution in [0, 0.1) is 5.92 Å². The highest BCUT2D eigenvalue weighted by Gasteiger charge is 2.32. The highest BCUT2D eigenvalue weighted by molar-refractivity contribution is 7.10. The van der Waals surface area contributed by atoms with E-state index in [-0.39, 0.29) is 12.0 Å². The zero-order chi connectivity index (χ0) is 10.9. The zero-order valence-corrected chi connectivity index (χ0v) is 8.75. The molecule has 0 spiro atoms. The molecule has 0 amide bonds. The van der Waals surface area contributed by atoms with Gasteiger partial charge in [-0.05, 0) is 12.0 Å². The van der Waals surface area contributed by atoms with Crippen molar-refractivity contribution in [3.8, 4) is 0 Å². The summed E-state index contributed by atoms with van der Waals surface area (Å²) >= 11 is 1.07. The van der Waals surface area contributed by atoms with Crippen LogP contribution in [0.4, 0.5) is 13.2 Å². The molecular weight excluding hydrogens is 211 g/mol. The SMILES string of the molecule is CC(C)[C@@H](N)c1cc(C(F)(F)F)cs1. The van der Waals surface area contributed by atoms with E-state index in [2.05, 4.69) is 0 Å². The molecule has 1 atom stereocenters. The first kappa shape index (κ1) is 11.5. The van der Waals surface area contributed by atoms with E-state index in [1.54, 1.807) is 0 Å². The van der Waals surface area contributed by atoms with Crippen molar-refractivity contribution in [1.82, 2.24) is 0 Å². The molecule has 0 aromatic carbocycles. The molecule has 0 fully saturated rings. The van der Waals surface area contributed by atoms with Gasteiger partial charge in [0.15, 0.2) is 0 Å². The summed E-state index contributed by atoms with van der Waals surface area (Å²) in [5, 5.41) is 1.11. The average molecular weight is 223 g/mol. The molecule has 14 heavy (non-hydrogen) atoms. The van der Waals surface area contributed by atoms with E-state index in [1.165, 1.54) is 0 Å². The van der Waals surface area contributed by atoms with Crippen LogP contribution in [0.15, 0.2) is 11.4 Å². The lowest BCUT2D eigenvalue weighted by molar-refractivity contribution is -0.137. The number of alkyl halides is 3. The lowest BCUT2D eigenvalue weighted by Crippen LogP contribution is -2.15. The van der Waals surface area contributed by atoms with E-state index in [0.717, 1.165) is 22.8 Å². The second-order valence-electron chi connectivity index (χ2n) is 3.51. The largest absolute Gasteiger partial charge is 0.417 e. The van der Waals surface area contributed by atoms with Crippen LogP contribution in [-0.4, -0.2) is 0 Å². The van der Waals surface area contributed by atoms with Gasteiger partial charge in [0.05, 0.1) is 5.56 Å². The molecule has 0 saturated carbocycles. The van der Waals surface area contributed by atoms with Crippen LogP contribution >= 0.6 is 11.3 Å². The molecule has 0 radical (unpaired) electrons. The second-order valence-corrected chi connectivity index (χ2v) is 4.45. The minimum atomic E-state index is -4.26. The Morgan fingerprint density at radius 3 is 2.29 bits per heavy atom. The Hall–Kier alpha value is -0.550. The summed E-state index contributed by atoms with van der Waals surface area (Å²) in [6.07, 6.45) is -4.26. The van der Waals surface area contributed by atoms with Crippen molar-refractivity contribution < 1.29 is 13.2 Å². The van der Waals surface area contributed by atoms with E-state index < -0.39 is 11.7 Å². The number of nitrogens with two attached hydrogens (primary N) is 1. The van der Waals surface area contributed by atoms with E-state index >= 15 is 0 Å². The third-order valence-electron chi connectivity index (χ3n) is 1.99. The quantitative estimate of drug-likeness (QED) is 0.816. The van der Waals surface area contributed by atoms with Crippen molar-refractivity contribution in [3.63, 3.8) is 0 Å². The third kappa shape index (κ3) is 2.48. The second kappa shape index (κ2) is 3.90. The Morgan fingerprint density at radius 1 is 1.36 bits per heavy atom. The van der Waals surface area contributed by atoms with Gasteiger partial charge in [-0.3, -0.25) is 0 Å². The van der Waals surface area contributed by atoms with Crippen LogP contribution in [0.2, 0.25) is 0 Å². The van der Waals surface area contributed by atoms with Gasteiger partial charge in [0.2, 0.25) is 0 Å².